The van der Waals surface area contributed by atoms with E-state index in [0.29, 0.717) is 16.4 Å². The number of thiophene rings is 1. The monoisotopic (exact) mass is 350 g/mol. The number of nitrogens with one attached hydrogen (secondary N) is 2. The predicted octanol–water partition coefficient (Wildman–Crippen LogP) is 2.36. The van der Waals surface area contributed by atoms with Crippen LogP contribution in [-0.2, 0) is 7.05 Å². The van der Waals surface area contributed by atoms with Crippen molar-refractivity contribution < 1.29 is 9.59 Å². The van der Waals surface area contributed by atoms with Crippen molar-refractivity contribution in [3.63, 3.8) is 0 Å². The first kappa shape index (κ1) is 16.1. The van der Waals surface area contributed by atoms with Gasteiger partial charge in [0.05, 0.1) is 4.88 Å². The number of carbonyl (C=O) groups excluding carboxylic acids is 2. The molecule has 0 spiro atoms. The van der Waals surface area contributed by atoms with Gasteiger partial charge in [-0.25, -0.2) is 0 Å². The molecular formula is C15H18N4O2S2. The van der Waals surface area contributed by atoms with Gasteiger partial charge < -0.3 is 10.6 Å². The van der Waals surface area contributed by atoms with Gasteiger partial charge in [0.15, 0.2) is 5.69 Å². The number of carbonyl (C=O) groups is 2. The maximum atomic E-state index is 12.3. The predicted molar refractivity (Wildman–Crippen MR) is 93.3 cm³/mol. The summed E-state index contributed by atoms with van der Waals surface area (Å²) in [7, 11) is 1.71. The van der Waals surface area contributed by atoms with Crippen molar-refractivity contribution in [2.75, 3.05) is 16.8 Å². The quantitative estimate of drug-likeness (QED) is 0.887. The molecule has 1 aliphatic rings. The third kappa shape index (κ3) is 3.94. The van der Waals surface area contributed by atoms with Gasteiger partial charge in [-0.1, -0.05) is 6.07 Å². The van der Waals surface area contributed by atoms with Crippen molar-refractivity contribution in [2.45, 2.75) is 18.9 Å². The van der Waals surface area contributed by atoms with Crippen molar-refractivity contribution in [3.05, 3.63) is 34.2 Å². The molecule has 1 saturated heterocycles. The molecule has 122 valence electrons. The number of aromatic nitrogens is 2. The van der Waals surface area contributed by atoms with E-state index in [1.807, 2.05) is 23.2 Å². The zero-order valence-corrected chi connectivity index (χ0v) is 14.4. The number of hydrogen-bond donors (Lipinski definition) is 2. The Kier molecular flexibility index (Phi) is 5.02. The highest BCUT2D eigenvalue weighted by Crippen LogP contribution is 2.18. The molecule has 0 aliphatic carbocycles. The number of thioether (sulfide) groups is 1. The normalized spacial score (nSPS) is 15.3. The Morgan fingerprint density at radius 3 is 2.78 bits per heavy atom. The van der Waals surface area contributed by atoms with Crippen molar-refractivity contribution in [1.82, 2.24) is 15.1 Å². The molecule has 0 bridgehead atoms. The zero-order chi connectivity index (χ0) is 16.2. The van der Waals surface area contributed by atoms with Gasteiger partial charge in [0.25, 0.3) is 11.8 Å². The van der Waals surface area contributed by atoms with Crippen LogP contribution in [0.15, 0.2) is 23.6 Å². The molecule has 0 atom stereocenters. The van der Waals surface area contributed by atoms with Gasteiger partial charge in [-0.2, -0.15) is 16.9 Å². The second kappa shape index (κ2) is 7.18. The van der Waals surface area contributed by atoms with Crippen LogP contribution in [0.3, 0.4) is 0 Å². The molecule has 0 aromatic carbocycles. The molecule has 0 radical (unpaired) electrons. The minimum Gasteiger partial charge on any atom is -0.348 e. The van der Waals surface area contributed by atoms with Gasteiger partial charge in [-0.05, 0) is 35.8 Å². The molecule has 0 saturated carbocycles. The van der Waals surface area contributed by atoms with Crippen molar-refractivity contribution >= 4 is 40.7 Å². The summed E-state index contributed by atoms with van der Waals surface area (Å²) in [6.07, 6.45) is 1.98. The summed E-state index contributed by atoms with van der Waals surface area (Å²) in [5, 5.41) is 11.8. The standard InChI is InChI=1S/C15H18N4O2S2/c1-19-13(17-15(21)12-3-2-6-23-12)9-11(18-19)14(20)16-10-4-7-22-8-5-10/h2-3,6,9-10H,4-5,7-8H2,1H3,(H,16,20)(H,17,21). The summed E-state index contributed by atoms with van der Waals surface area (Å²) in [6, 6.07) is 5.41. The molecule has 2 aromatic rings. The van der Waals surface area contributed by atoms with E-state index in [2.05, 4.69) is 15.7 Å². The summed E-state index contributed by atoms with van der Waals surface area (Å²) in [6.45, 7) is 0. The number of amides is 2. The summed E-state index contributed by atoms with van der Waals surface area (Å²) in [5.41, 5.74) is 0.326. The number of nitrogens with zero attached hydrogens (tertiary/aromatic N) is 2. The Morgan fingerprint density at radius 1 is 1.30 bits per heavy atom. The molecule has 8 heteroatoms. The first-order valence-electron chi connectivity index (χ1n) is 7.41. The molecule has 2 aromatic heterocycles. The summed E-state index contributed by atoms with van der Waals surface area (Å²) >= 11 is 3.29. The Labute approximate surface area is 142 Å². The van der Waals surface area contributed by atoms with Crippen LogP contribution in [0.25, 0.3) is 0 Å². The molecule has 2 N–H and O–H groups in total. The Morgan fingerprint density at radius 2 is 2.09 bits per heavy atom. The molecule has 6 nitrogen and oxygen atoms in total. The molecule has 1 aliphatic heterocycles. The van der Waals surface area contributed by atoms with Crippen molar-refractivity contribution in [1.29, 1.82) is 0 Å². The average Bonchev–Trinajstić information content (AvgIpc) is 3.19. The fraction of sp³-hybridized carbons (Fsp3) is 0.400. The second-order valence-electron chi connectivity index (χ2n) is 5.33. The topological polar surface area (TPSA) is 76.0 Å². The maximum absolute atomic E-state index is 12.3. The smallest absolute Gasteiger partial charge is 0.272 e. The lowest BCUT2D eigenvalue weighted by molar-refractivity contribution is 0.0928. The Hall–Kier alpha value is -1.80. The van der Waals surface area contributed by atoms with Crippen LogP contribution < -0.4 is 10.6 Å². The van der Waals surface area contributed by atoms with Gasteiger partial charge in [0.1, 0.15) is 5.82 Å². The van der Waals surface area contributed by atoms with E-state index >= 15 is 0 Å². The van der Waals surface area contributed by atoms with Crippen LogP contribution >= 0.6 is 23.1 Å². The van der Waals surface area contributed by atoms with E-state index in [1.54, 1.807) is 19.2 Å². The highest BCUT2D eigenvalue weighted by molar-refractivity contribution is 7.99. The van der Waals surface area contributed by atoms with Gasteiger partial charge in [-0.3, -0.25) is 14.3 Å². The fourth-order valence-corrected chi connectivity index (χ4v) is 4.11. The van der Waals surface area contributed by atoms with Crippen LogP contribution in [0.5, 0.6) is 0 Å². The van der Waals surface area contributed by atoms with Crippen LogP contribution in [0.4, 0.5) is 5.82 Å². The van der Waals surface area contributed by atoms with E-state index in [-0.39, 0.29) is 17.9 Å². The molecule has 1 fully saturated rings. The van der Waals surface area contributed by atoms with Crippen molar-refractivity contribution in [3.8, 4) is 0 Å². The molecule has 0 unspecified atom stereocenters. The first-order chi connectivity index (χ1) is 11.1. The van der Waals surface area contributed by atoms with Crippen molar-refractivity contribution in [2.24, 2.45) is 7.05 Å². The lowest BCUT2D eigenvalue weighted by atomic mass is 10.1. The molecule has 3 rings (SSSR count). The summed E-state index contributed by atoms with van der Waals surface area (Å²) in [5.74, 6) is 2.28. The number of anilines is 1. The van der Waals surface area contributed by atoms with E-state index in [0.717, 1.165) is 24.3 Å². The summed E-state index contributed by atoms with van der Waals surface area (Å²) < 4.78 is 1.51. The van der Waals surface area contributed by atoms with E-state index in [1.165, 1.54) is 16.0 Å². The highest BCUT2D eigenvalue weighted by Gasteiger charge is 2.20. The molecule has 2 amide bonds. The highest BCUT2D eigenvalue weighted by atomic mass is 32.2. The molecular weight excluding hydrogens is 332 g/mol. The third-order valence-corrected chi connectivity index (χ3v) is 5.57. The van der Waals surface area contributed by atoms with Crippen LogP contribution in [0.1, 0.15) is 33.0 Å². The Bertz CT molecular complexity index is 690. The Balaban J connectivity index is 1.65. The second-order valence-corrected chi connectivity index (χ2v) is 7.50. The molecule has 3 heterocycles. The van der Waals surface area contributed by atoms with Gasteiger partial charge in [0.2, 0.25) is 0 Å². The van der Waals surface area contributed by atoms with E-state index in [9.17, 15) is 9.59 Å². The van der Waals surface area contributed by atoms with Gasteiger partial charge >= 0.3 is 0 Å². The van der Waals surface area contributed by atoms with Crippen LogP contribution in [0, 0.1) is 0 Å². The van der Waals surface area contributed by atoms with E-state index < -0.39 is 0 Å². The van der Waals surface area contributed by atoms with Gasteiger partial charge in [0, 0.05) is 19.2 Å². The fourth-order valence-electron chi connectivity index (χ4n) is 2.38. The lowest BCUT2D eigenvalue weighted by Gasteiger charge is -2.21. The molecule has 23 heavy (non-hydrogen) atoms. The minimum absolute atomic E-state index is 0.186. The van der Waals surface area contributed by atoms with E-state index in [4.69, 9.17) is 0 Å². The average molecular weight is 350 g/mol. The lowest BCUT2D eigenvalue weighted by Crippen LogP contribution is -2.37. The van der Waals surface area contributed by atoms with Crippen LogP contribution in [-0.4, -0.2) is 39.1 Å². The minimum atomic E-state index is -0.195. The number of rotatable bonds is 4. The van der Waals surface area contributed by atoms with Crippen LogP contribution in [0.2, 0.25) is 0 Å². The number of hydrogen-bond acceptors (Lipinski definition) is 5. The van der Waals surface area contributed by atoms with Gasteiger partial charge in [-0.15, -0.1) is 11.3 Å². The maximum Gasteiger partial charge on any atom is 0.272 e. The first-order valence-corrected chi connectivity index (χ1v) is 9.44. The largest absolute Gasteiger partial charge is 0.348 e. The third-order valence-electron chi connectivity index (χ3n) is 3.66. The summed E-state index contributed by atoms with van der Waals surface area (Å²) in [4.78, 5) is 25.0. The number of aryl methyl sites for hydroxylation is 1. The zero-order valence-electron chi connectivity index (χ0n) is 12.7. The SMILES string of the molecule is Cn1nc(C(=O)NC2CCSCC2)cc1NC(=O)c1cccs1.